The number of nitrogens with one attached hydrogen (secondary N) is 1. The van der Waals surface area contributed by atoms with Crippen LogP contribution >= 0.6 is 0 Å². The summed E-state index contributed by atoms with van der Waals surface area (Å²) < 4.78 is 5.52. The maximum atomic E-state index is 12.7. The van der Waals surface area contributed by atoms with Crippen molar-refractivity contribution in [2.24, 2.45) is 11.8 Å². The Balaban J connectivity index is 1.57. The van der Waals surface area contributed by atoms with Crippen molar-refractivity contribution in [1.29, 1.82) is 0 Å². The Morgan fingerprint density at radius 2 is 1.67 bits per heavy atom. The average molecular weight is 382 g/mol. The molecule has 6 heteroatoms. The van der Waals surface area contributed by atoms with E-state index in [1.54, 1.807) is 0 Å². The van der Waals surface area contributed by atoms with Crippen LogP contribution in [0.1, 0.15) is 58.8 Å². The summed E-state index contributed by atoms with van der Waals surface area (Å²) in [5.74, 6) is 1.20. The van der Waals surface area contributed by atoms with Crippen LogP contribution < -0.4 is 5.32 Å². The number of hydrogen-bond acceptors (Lipinski definition) is 4. The second-order valence-electron chi connectivity index (χ2n) is 8.43. The van der Waals surface area contributed by atoms with Gasteiger partial charge in [-0.05, 0) is 51.1 Å². The van der Waals surface area contributed by atoms with E-state index < -0.39 is 0 Å². The summed E-state index contributed by atoms with van der Waals surface area (Å²) in [5, 5.41) is 2.93. The minimum absolute atomic E-state index is 0.0553. The molecule has 0 saturated carbocycles. The molecule has 0 spiro atoms. The first-order valence-electron chi connectivity index (χ1n) is 10.9. The number of ether oxygens (including phenoxy) is 1. The quantitative estimate of drug-likeness (QED) is 0.623. The molecule has 2 saturated heterocycles. The van der Waals surface area contributed by atoms with Crippen molar-refractivity contribution in [2.75, 3.05) is 52.5 Å². The summed E-state index contributed by atoms with van der Waals surface area (Å²) in [6, 6.07) is 0. The van der Waals surface area contributed by atoms with E-state index in [4.69, 9.17) is 4.74 Å². The van der Waals surface area contributed by atoms with Gasteiger partial charge in [0, 0.05) is 32.2 Å². The Kier molecular flexibility index (Phi) is 10.1. The Morgan fingerprint density at radius 3 is 2.30 bits per heavy atom. The molecule has 1 N–H and O–H groups in total. The van der Waals surface area contributed by atoms with E-state index in [9.17, 15) is 9.59 Å². The van der Waals surface area contributed by atoms with Gasteiger partial charge < -0.3 is 15.0 Å². The van der Waals surface area contributed by atoms with Gasteiger partial charge in [-0.15, -0.1) is 0 Å². The van der Waals surface area contributed by atoms with E-state index in [1.165, 1.54) is 12.8 Å². The number of carbonyl (C=O) groups is 2. The standard InChI is InChI=1S/C21H39N3O3/c1-18(2)9-15-27-16-10-22-20(25)17-23-13-7-19(8-14-23)21(26)24-11-5-3-4-6-12-24/h18-19H,3-17H2,1-2H3,(H,22,25). The normalized spacial score (nSPS) is 19.9. The summed E-state index contributed by atoms with van der Waals surface area (Å²) in [4.78, 5) is 29.0. The van der Waals surface area contributed by atoms with Crippen LogP contribution in [0.5, 0.6) is 0 Å². The highest BCUT2D eigenvalue weighted by atomic mass is 16.5. The number of rotatable bonds is 9. The molecule has 156 valence electrons. The van der Waals surface area contributed by atoms with Crippen LogP contribution in [0.25, 0.3) is 0 Å². The topological polar surface area (TPSA) is 61.9 Å². The molecular formula is C21H39N3O3. The third kappa shape index (κ3) is 8.60. The highest BCUT2D eigenvalue weighted by Gasteiger charge is 2.29. The van der Waals surface area contributed by atoms with Crippen LogP contribution in [0.15, 0.2) is 0 Å². The molecule has 2 amide bonds. The molecule has 0 atom stereocenters. The van der Waals surface area contributed by atoms with Gasteiger partial charge in [-0.25, -0.2) is 0 Å². The smallest absolute Gasteiger partial charge is 0.234 e. The fraction of sp³-hybridized carbons (Fsp3) is 0.905. The van der Waals surface area contributed by atoms with Crippen LogP contribution in [-0.4, -0.2) is 74.1 Å². The summed E-state index contributed by atoms with van der Waals surface area (Å²) in [5.41, 5.74) is 0. The lowest BCUT2D eigenvalue weighted by molar-refractivity contribution is -0.137. The van der Waals surface area contributed by atoms with Gasteiger partial charge in [0.25, 0.3) is 0 Å². The number of likely N-dealkylation sites (tertiary alicyclic amines) is 2. The van der Waals surface area contributed by atoms with Crippen LogP contribution in [0.2, 0.25) is 0 Å². The van der Waals surface area contributed by atoms with Crippen LogP contribution in [0.3, 0.4) is 0 Å². The molecule has 0 radical (unpaired) electrons. The van der Waals surface area contributed by atoms with Gasteiger partial charge in [0.05, 0.1) is 13.2 Å². The van der Waals surface area contributed by atoms with Crippen LogP contribution in [-0.2, 0) is 14.3 Å². The van der Waals surface area contributed by atoms with E-state index in [2.05, 4.69) is 29.0 Å². The van der Waals surface area contributed by atoms with Gasteiger partial charge >= 0.3 is 0 Å². The lowest BCUT2D eigenvalue weighted by Crippen LogP contribution is -2.46. The van der Waals surface area contributed by atoms with Gasteiger partial charge in [0.1, 0.15) is 0 Å². The van der Waals surface area contributed by atoms with E-state index >= 15 is 0 Å². The number of piperidine rings is 1. The first-order chi connectivity index (χ1) is 13.1. The molecule has 2 aliphatic heterocycles. The minimum atomic E-state index is 0.0553. The molecule has 2 heterocycles. The number of carbonyl (C=O) groups excluding carboxylic acids is 2. The minimum Gasteiger partial charge on any atom is -0.380 e. The maximum Gasteiger partial charge on any atom is 0.234 e. The summed E-state index contributed by atoms with van der Waals surface area (Å²) in [7, 11) is 0. The zero-order valence-electron chi connectivity index (χ0n) is 17.4. The van der Waals surface area contributed by atoms with Crippen molar-refractivity contribution in [3.8, 4) is 0 Å². The van der Waals surface area contributed by atoms with Gasteiger partial charge in [-0.1, -0.05) is 26.7 Å². The first kappa shape index (κ1) is 22.2. The first-order valence-corrected chi connectivity index (χ1v) is 10.9. The summed E-state index contributed by atoms with van der Waals surface area (Å²) in [6.45, 7) is 10.2. The molecule has 0 aromatic carbocycles. The molecule has 6 nitrogen and oxygen atoms in total. The van der Waals surface area contributed by atoms with E-state index in [0.717, 1.165) is 64.9 Å². The molecule has 0 unspecified atom stereocenters. The molecule has 2 fully saturated rings. The largest absolute Gasteiger partial charge is 0.380 e. The van der Waals surface area contributed by atoms with E-state index in [-0.39, 0.29) is 11.8 Å². The molecule has 2 aliphatic rings. The Bertz CT molecular complexity index is 440. The highest BCUT2D eigenvalue weighted by Crippen LogP contribution is 2.21. The number of amides is 2. The highest BCUT2D eigenvalue weighted by molar-refractivity contribution is 5.79. The number of nitrogens with zero attached hydrogens (tertiary/aromatic N) is 2. The van der Waals surface area contributed by atoms with Crippen molar-refractivity contribution < 1.29 is 14.3 Å². The Hall–Kier alpha value is -1.14. The van der Waals surface area contributed by atoms with Crippen molar-refractivity contribution in [3.05, 3.63) is 0 Å². The van der Waals surface area contributed by atoms with Crippen LogP contribution in [0.4, 0.5) is 0 Å². The SMILES string of the molecule is CC(C)CCOCCNC(=O)CN1CCC(C(=O)N2CCCCCC2)CC1. The second kappa shape index (κ2) is 12.3. The fourth-order valence-electron chi connectivity index (χ4n) is 3.83. The van der Waals surface area contributed by atoms with Gasteiger partial charge in [-0.3, -0.25) is 14.5 Å². The second-order valence-corrected chi connectivity index (χ2v) is 8.43. The molecular weight excluding hydrogens is 342 g/mol. The van der Waals surface area contributed by atoms with E-state index in [1.807, 2.05) is 0 Å². The predicted octanol–water partition coefficient (Wildman–Crippen LogP) is 2.28. The Morgan fingerprint density at radius 1 is 1.00 bits per heavy atom. The third-order valence-electron chi connectivity index (χ3n) is 5.63. The van der Waals surface area contributed by atoms with Gasteiger partial charge in [0.2, 0.25) is 11.8 Å². The third-order valence-corrected chi connectivity index (χ3v) is 5.63. The average Bonchev–Trinajstić information content (AvgIpc) is 2.94. The van der Waals surface area contributed by atoms with Crippen molar-refractivity contribution in [1.82, 2.24) is 15.1 Å². The molecule has 2 rings (SSSR count). The molecule has 27 heavy (non-hydrogen) atoms. The zero-order valence-corrected chi connectivity index (χ0v) is 17.4. The van der Waals surface area contributed by atoms with Crippen molar-refractivity contribution >= 4 is 11.8 Å². The molecule has 0 aromatic heterocycles. The molecule has 0 bridgehead atoms. The zero-order chi connectivity index (χ0) is 19.5. The molecule has 0 aliphatic carbocycles. The number of hydrogen-bond donors (Lipinski definition) is 1. The fourth-order valence-corrected chi connectivity index (χ4v) is 3.83. The van der Waals surface area contributed by atoms with E-state index in [0.29, 0.717) is 31.5 Å². The summed E-state index contributed by atoms with van der Waals surface area (Å²) in [6.07, 6.45) is 7.60. The monoisotopic (exact) mass is 381 g/mol. The van der Waals surface area contributed by atoms with Gasteiger partial charge in [-0.2, -0.15) is 0 Å². The Labute approximate surface area is 165 Å². The predicted molar refractivity (Wildman–Crippen MR) is 107 cm³/mol. The lowest BCUT2D eigenvalue weighted by Gasteiger charge is -2.33. The van der Waals surface area contributed by atoms with Gasteiger partial charge in [0.15, 0.2) is 0 Å². The summed E-state index contributed by atoms with van der Waals surface area (Å²) >= 11 is 0. The maximum absolute atomic E-state index is 12.7. The molecule has 0 aromatic rings. The van der Waals surface area contributed by atoms with Crippen molar-refractivity contribution in [3.63, 3.8) is 0 Å². The lowest BCUT2D eigenvalue weighted by atomic mass is 9.95. The van der Waals surface area contributed by atoms with Crippen molar-refractivity contribution in [2.45, 2.75) is 58.8 Å². The van der Waals surface area contributed by atoms with Crippen LogP contribution in [0, 0.1) is 11.8 Å².